The highest BCUT2D eigenvalue weighted by Crippen LogP contribution is 2.18. The maximum Gasteiger partial charge on any atom is 0.0722 e. The SMILES string of the molecule is CCCCC#CC(CC(C)C)N(Cc1ccccc1)Cc1ccccc1. The zero-order valence-corrected chi connectivity index (χ0v) is 16.6. The Morgan fingerprint density at radius 3 is 1.85 bits per heavy atom. The van der Waals surface area contributed by atoms with Crippen LogP contribution in [0, 0.1) is 17.8 Å². The molecule has 0 N–H and O–H groups in total. The van der Waals surface area contributed by atoms with Crippen molar-refractivity contribution in [1.82, 2.24) is 4.90 Å². The molecule has 0 saturated heterocycles. The minimum absolute atomic E-state index is 0.298. The molecule has 0 radical (unpaired) electrons. The normalized spacial score (nSPS) is 12.0. The lowest BCUT2D eigenvalue weighted by atomic mass is 10.0. The third-order valence-corrected chi connectivity index (χ3v) is 4.52. The van der Waals surface area contributed by atoms with Crippen molar-refractivity contribution >= 4 is 0 Å². The van der Waals surface area contributed by atoms with Gasteiger partial charge in [-0.25, -0.2) is 0 Å². The molecule has 0 fully saturated rings. The van der Waals surface area contributed by atoms with Crippen molar-refractivity contribution in [2.24, 2.45) is 5.92 Å². The molecule has 2 rings (SSSR count). The zero-order chi connectivity index (χ0) is 18.6. The molecule has 1 unspecified atom stereocenters. The molecule has 0 aliphatic carbocycles. The van der Waals surface area contributed by atoms with Gasteiger partial charge in [-0.1, -0.05) is 93.8 Å². The Hall–Kier alpha value is -2.04. The molecular formula is C25H33N. The predicted octanol–water partition coefficient (Wildman–Crippen LogP) is 6.30. The lowest BCUT2D eigenvalue weighted by molar-refractivity contribution is 0.196. The molecule has 0 saturated carbocycles. The van der Waals surface area contributed by atoms with Crippen molar-refractivity contribution in [3.05, 3.63) is 71.8 Å². The van der Waals surface area contributed by atoms with E-state index in [-0.39, 0.29) is 0 Å². The Bertz CT molecular complexity index is 622. The minimum atomic E-state index is 0.298. The lowest BCUT2D eigenvalue weighted by Crippen LogP contribution is -2.34. The molecule has 0 amide bonds. The van der Waals surface area contributed by atoms with Crippen LogP contribution in [-0.4, -0.2) is 10.9 Å². The van der Waals surface area contributed by atoms with Crippen molar-refractivity contribution in [3.63, 3.8) is 0 Å². The molecule has 1 atom stereocenters. The summed E-state index contributed by atoms with van der Waals surface area (Å²) in [4.78, 5) is 2.55. The standard InChI is InChI=1S/C25H33N/c1-4-5-6-13-18-25(19-22(2)3)26(20-23-14-9-7-10-15-23)21-24-16-11-8-12-17-24/h7-12,14-17,22,25H,4-6,19-21H2,1-3H3. The van der Waals surface area contributed by atoms with Gasteiger partial charge in [0, 0.05) is 19.5 Å². The van der Waals surface area contributed by atoms with Gasteiger partial charge in [0.15, 0.2) is 0 Å². The van der Waals surface area contributed by atoms with E-state index in [4.69, 9.17) is 0 Å². The van der Waals surface area contributed by atoms with Crippen LogP contribution in [0.3, 0.4) is 0 Å². The van der Waals surface area contributed by atoms with Crippen molar-refractivity contribution in [2.45, 2.75) is 65.6 Å². The summed E-state index contributed by atoms with van der Waals surface area (Å²) < 4.78 is 0. The lowest BCUT2D eigenvalue weighted by Gasteiger charge is -2.30. The Kier molecular flexibility index (Phi) is 9.01. The molecule has 0 aliphatic heterocycles. The number of hydrogen-bond donors (Lipinski definition) is 0. The summed E-state index contributed by atoms with van der Waals surface area (Å²) in [6.07, 6.45) is 4.52. The van der Waals surface area contributed by atoms with Crippen LogP contribution >= 0.6 is 0 Å². The molecule has 0 spiro atoms. The monoisotopic (exact) mass is 347 g/mol. The second kappa shape index (κ2) is 11.6. The van der Waals surface area contributed by atoms with Crippen LogP contribution in [0.25, 0.3) is 0 Å². The number of unbranched alkanes of at least 4 members (excludes halogenated alkanes) is 2. The van der Waals surface area contributed by atoms with E-state index in [9.17, 15) is 0 Å². The van der Waals surface area contributed by atoms with Crippen LogP contribution in [0.1, 0.15) is 57.6 Å². The van der Waals surface area contributed by atoms with E-state index in [2.05, 4.69) is 98.2 Å². The quantitative estimate of drug-likeness (QED) is 0.380. The molecule has 0 aromatic heterocycles. The van der Waals surface area contributed by atoms with Crippen LogP contribution in [-0.2, 0) is 13.1 Å². The Balaban J connectivity index is 2.22. The van der Waals surface area contributed by atoms with Gasteiger partial charge < -0.3 is 0 Å². The first-order valence-electron chi connectivity index (χ1n) is 9.99. The summed E-state index contributed by atoms with van der Waals surface area (Å²) in [6.45, 7) is 8.70. The predicted molar refractivity (Wildman–Crippen MR) is 113 cm³/mol. The number of benzene rings is 2. The summed E-state index contributed by atoms with van der Waals surface area (Å²) in [6, 6.07) is 21.8. The van der Waals surface area contributed by atoms with E-state index in [1.165, 1.54) is 24.0 Å². The van der Waals surface area contributed by atoms with Gasteiger partial charge in [0.2, 0.25) is 0 Å². The third kappa shape index (κ3) is 7.46. The molecule has 2 aromatic rings. The van der Waals surface area contributed by atoms with E-state index in [0.29, 0.717) is 12.0 Å². The Morgan fingerprint density at radius 2 is 1.38 bits per heavy atom. The minimum Gasteiger partial charge on any atom is -0.281 e. The molecule has 1 heteroatoms. The molecule has 0 aliphatic rings. The molecule has 26 heavy (non-hydrogen) atoms. The number of hydrogen-bond acceptors (Lipinski definition) is 1. The molecular weight excluding hydrogens is 314 g/mol. The van der Waals surface area contributed by atoms with Crippen LogP contribution in [0.15, 0.2) is 60.7 Å². The average molecular weight is 348 g/mol. The van der Waals surface area contributed by atoms with Gasteiger partial charge in [-0.3, -0.25) is 4.90 Å². The van der Waals surface area contributed by atoms with Gasteiger partial charge in [-0.15, -0.1) is 5.92 Å². The fraction of sp³-hybridized carbons (Fsp3) is 0.440. The Morgan fingerprint density at radius 1 is 0.846 bits per heavy atom. The van der Waals surface area contributed by atoms with Crippen molar-refractivity contribution in [3.8, 4) is 11.8 Å². The fourth-order valence-electron chi connectivity index (χ4n) is 3.11. The molecule has 138 valence electrons. The highest BCUT2D eigenvalue weighted by molar-refractivity contribution is 5.19. The van der Waals surface area contributed by atoms with Crippen molar-refractivity contribution in [1.29, 1.82) is 0 Å². The molecule has 0 heterocycles. The van der Waals surface area contributed by atoms with Crippen LogP contribution < -0.4 is 0 Å². The van der Waals surface area contributed by atoms with Gasteiger partial charge >= 0.3 is 0 Å². The Labute approximate surface area is 160 Å². The fourth-order valence-corrected chi connectivity index (χ4v) is 3.11. The highest BCUT2D eigenvalue weighted by atomic mass is 15.1. The van der Waals surface area contributed by atoms with Gasteiger partial charge in [-0.2, -0.15) is 0 Å². The highest BCUT2D eigenvalue weighted by Gasteiger charge is 2.18. The van der Waals surface area contributed by atoms with Crippen molar-refractivity contribution < 1.29 is 0 Å². The van der Waals surface area contributed by atoms with Gasteiger partial charge in [0.05, 0.1) is 6.04 Å². The molecule has 0 bridgehead atoms. The summed E-state index contributed by atoms with van der Waals surface area (Å²) in [7, 11) is 0. The first-order valence-corrected chi connectivity index (χ1v) is 9.99. The number of nitrogens with zero attached hydrogens (tertiary/aromatic N) is 1. The maximum absolute atomic E-state index is 3.60. The largest absolute Gasteiger partial charge is 0.281 e. The second-order valence-electron chi connectivity index (χ2n) is 7.45. The van der Waals surface area contributed by atoms with Crippen LogP contribution in [0.2, 0.25) is 0 Å². The molecule has 1 nitrogen and oxygen atoms in total. The second-order valence-corrected chi connectivity index (χ2v) is 7.45. The van der Waals surface area contributed by atoms with Crippen LogP contribution in [0.5, 0.6) is 0 Å². The van der Waals surface area contributed by atoms with E-state index in [1.807, 2.05) is 0 Å². The van der Waals surface area contributed by atoms with E-state index in [1.54, 1.807) is 0 Å². The van der Waals surface area contributed by atoms with Gasteiger partial charge in [0.25, 0.3) is 0 Å². The third-order valence-electron chi connectivity index (χ3n) is 4.52. The van der Waals surface area contributed by atoms with E-state index < -0.39 is 0 Å². The zero-order valence-electron chi connectivity index (χ0n) is 16.6. The van der Waals surface area contributed by atoms with Crippen LogP contribution in [0.4, 0.5) is 0 Å². The first kappa shape index (κ1) is 20.3. The van der Waals surface area contributed by atoms with E-state index >= 15 is 0 Å². The average Bonchev–Trinajstić information content (AvgIpc) is 2.65. The van der Waals surface area contributed by atoms with Crippen molar-refractivity contribution in [2.75, 3.05) is 0 Å². The topological polar surface area (TPSA) is 3.24 Å². The maximum atomic E-state index is 3.60. The summed E-state index contributed by atoms with van der Waals surface area (Å²) in [5, 5.41) is 0. The smallest absolute Gasteiger partial charge is 0.0722 e. The van der Waals surface area contributed by atoms with Gasteiger partial charge in [0.1, 0.15) is 0 Å². The summed E-state index contributed by atoms with van der Waals surface area (Å²) in [5.74, 6) is 7.69. The first-order chi connectivity index (χ1) is 12.7. The van der Waals surface area contributed by atoms with E-state index in [0.717, 1.165) is 25.9 Å². The summed E-state index contributed by atoms with van der Waals surface area (Å²) >= 11 is 0. The number of rotatable bonds is 9. The summed E-state index contributed by atoms with van der Waals surface area (Å²) in [5.41, 5.74) is 2.71. The molecule has 2 aromatic carbocycles. The van der Waals surface area contributed by atoms with Gasteiger partial charge in [-0.05, 0) is 29.9 Å².